The third-order valence-corrected chi connectivity index (χ3v) is 4.75. The second kappa shape index (κ2) is 6.18. The third kappa shape index (κ3) is 4.07. The van der Waals surface area contributed by atoms with Gasteiger partial charge in [-0.2, -0.15) is 0 Å². The lowest BCUT2D eigenvalue weighted by Gasteiger charge is -2.27. The lowest BCUT2D eigenvalue weighted by Crippen LogP contribution is -2.25. The van der Waals surface area contributed by atoms with Crippen molar-refractivity contribution in [2.45, 2.75) is 46.6 Å². The predicted molar refractivity (Wildman–Crippen MR) is 85.3 cm³/mol. The van der Waals surface area contributed by atoms with E-state index in [9.17, 15) is 4.79 Å². The number of rotatable bonds is 4. The molecule has 3 heteroatoms. The number of carbonyl (C=O) groups is 1. The summed E-state index contributed by atoms with van der Waals surface area (Å²) in [7, 11) is 0. The van der Waals surface area contributed by atoms with Gasteiger partial charge in [0.05, 0.1) is 5.92 Å². The lowest BCUT2D eigenvalue weighted by molar-refractivity contribution is -0.138. The fourth-order valence-electron chi connectivity index (χ4n) is 3.00. The summed E-state index contributed by atoms with van der Waals surface area (Å²) in [5.41, 5.74) is 2.53. The van der Waals surface area contributed by atoms with Gasteiger partial charge in [-0.25, -0.2) is 0 Å². The van der Waals surface area contributed by atoms with Crippen molar-refractivity contribution in [2.75, 3.05) is 13.1 Å². The van der Waals surface area contributed by atoms with E-state index in [2.05, 4.69) is 37.8 Å². The fourth-order valence-corrected chi connectivity index (χ4v) is 3.00. The van der Waals surface area contributed by atoms with E-state index in [4.69, 9.17) is 5.11 Å². The summed E-state index contributed by atoms with van der Waals surface area (Å²) in [5, 5.41) is 9.03. The average molecular weight is 289 g/mol. The van der Waals surface area contributed by atoms with E-state index in [1.165, 1.54) is 12.0 Å². The maximum Gasteiger partial charge on any atom is 0.310 e. The fraction of sp³-hybridized carbons (Fsp3) is 0.611. The number of hydrogen-bond acceptors (Lipinski definition) is 2. The topological polar surface area (TPSA) is 40.5 Å². The van der Waals surface area contributed by atoms with Gasteiger partial charge in [-0.3, -0.25) is 9.69 Å². The van der Waals surface area contributed by atoms with Crippen molar-refractivity contribution in [1.82, 2.24) is 4.90 Å². The standard InChI is InChI=1S/C18H27NO2/c1-13(17(20)21)15-7-5-14(6-8-15)11-19-10-9-16(12-19)18(2,3)4/h5-8,13,16H,9-12H2,1-4H3,(H,20,21). The van der Waals surface area contributed by atoms with Crippen LogP contribution in [0.4, 0.5) is 0 Å². The van der Waals surface area contributed by atoms with Crippen molar-refractivity contribution < 1.29 is 9.90 Å². The Balaban J connectivity index is 1.94. The van der Waals surface area contributed by atoms with Crippen LogP contribution < -0.4 is 0 Å². The van der Waals surface area contributed by atoms with Crippen molar-refractivity contribution in [1.29, 1.82) is 0 Å². The zero-order valence-corrected chi connectivity index (χ0v) is 13.6. The van der Waals surface area contributed by atoms with Crippen molar-refractivity contribution in [3.05, 3.63) is 35.4 Å². The SMILES string of the molecule is CC(C(=O)O)c1ccc(CN2CCC(C(C)(C)C)C2)cc1. The van der Waals surface area contributed by atoms with E-state index in [1.54, 1.807) is 6.92 Å². The molecule has 1 N–H and O–H groups in total. The Bertz CT molecular complexity index is 487. The summed E-state index contributed by atoms with van der Waals surface area (Å²) >= 11 is 0. The smallest absolute Gasteiger partial charge is 0.310 e. The van der Waals surface area contributed by atoms with E-state index < -0.39 is 11.9 Å². The molecule has 1 aliphatic heterocycles. The van der Waals surface area contributed by atoms with Crippen molar-refractivity contribution in [2.24, 2.45) is 11.3 Å². The monoisotopic (exact) mass is 289 g/mol. The maximum atomic E-state index is 11.0. The van der Waals surface area contributed by atoms with Gasteiger partial charge in [-0.15, -0.1) is 0 Å². The highest BCUT2D eigenvalue weighted by atomic mass is 16.4. The van der Waals surface area contributed by atoms with Crippen LogP contribution in [0.25, 0.3) is 0 Å². The Labute approximate surface area is 128 Å². The molecule has 0 bridgehead atoms. The van der Waals surface area contributed by atoms with Crippen LogP contribution in [0.5, 0.6) is 0 Å². The highest BCUT2D eigenvalue weighted by molar-refractivity contribution is 5.75. The molecule has 0 saturated carbocycles. The minimum atomic E-state index is -0.768. The van der Waals surface area contributed by atoms with Crippen molar-refractivity contribution in [3.63, 3.8) is 0 Å². The Morgan fingerprint density at radius 1 is 1.33 bits per heavy atom. The van der Waals surface area contributed by atoms with E-state index in [1.807, 2.05) is 12.1 Å². The average Bonchev–Trinajstić information content (AvgIpc) is 2.87. The summed E-state index contributed by atoms with van der Waals surface area (Å²) in [6.07, 6.45) is 1.28. The Hall–Kier alpha value is -1.35. The van der Waals surface area contributed by atoms with Gasteiger partial charge >= 0.3 is 5.97 Å². The molecule has 0 aliphatic carbocycles. The molecule has 116 valence electrons. The zero-order valence-electron chi connectivity index (χ0n) is 13.6. The molecule has 3 nitrogen and oxygen atoms in total. The summed E-state index contributed by atoms with van der Waals surface area (Å²) in [6.45, 7) is 12.0. The van der Waals surface area contributed by atoms with Gasteiger partial charge in [-0.1, -0.05) is 45.0 Å². The zero-order chi connectivity index (χ0) is 15.6. The van der Waals surface area contributed by atoms with Gasteiger partial charge in [0.25, 0.3) is 0 Å². The molecule has 1 aromatic rings. The molecule has 0 radical (unpaired) electrons. The van der Waals surface area contributed by atoms with Gasteiger partial charge in [0, 0.05) is 13.1 Å². The summed E-state index contributed by atoms with van der Waals surface area (Å²) in [5.74, 6) is -0.435. The number of carboxylic acids is 1. The summed E-state index contributed by atoms with van der Waals surface area (Å²) < 4.78 is 0. The second-order valence-electron chi connectivity index (χ2n) is 7.39. The number of aliphatic carboxylic acids is 1. The normalized spacial score (nSPS) is 21.4. The van der Waals surface area contributed by atoms with Crippen LogP contribution in [-0.2, 0) is 11.3 Å². The largest absolute Gasteiger partial charge is 0.481 e. The highest BCUT2D eigenvalue weighted by Crippen LogP contribution is 2.34. The first-order chi connectivity index (χ1) is 9.77. The molecule has 2 rings (SSSR count). The number of hydrogen-bond donors (Lipinski definition) is 1. The van der Waals surface area contributed by atoms with Crippen LogP contribution in [0.15, 0.2) is 24.3 Å². The molecule has 2 unspecified atom stereocenters. The number of likely N-dealkylation sites (tertiary alicyclic amines) is 1. The van der Waals surface area contributed by atoms with Crippen LogP contribution >= 0.6 is 0 Å². The molecule has 2 atom stereocenters. The van der Waals surface area contributed by atoms with E-state index >= 15 is 0 Å². The Kier molecular flexibility index (Phi) is 4.72. The molecule has 21 heavy (non-hydrogen) atoms. The minimum absolute atomic E-state index is 0.384. The number of benzene rings is 1. The van der Waals surface area contributed by atoms with Crippen LogP contribution in [0.3, 0.4) is 0 Å². The van der Waals surface area contributed by atoms with Crippen LogP contribution in [-0.4, -0.2) is 29.1 Å². The summed E-state index contributed by atoms with van der Waals surface area (Å²) in [4.78, 5) is 13.5. The molecule has 0 spiro atoms. The van der Waals surface area contributed by atoms with Gasteiger partial charge < -0.3 is 5.11 Å². The van der Waals surface area contributed by atoms with Crippen LogP contribution in [0.1, 0.15) is 51.2 Å². The third-order valence-electron chi connectivity index (χ3n) is 4.75. The Morgan fingerprint density at radius 2 is 1.95 bits per heavy atom. The molecule has 1 aliphatic rings. The first kappa shape index (κ1) is 16.0. The molecule has 1 fully saturated rings. The van der Waals surface area contributed by atoms with Gasteiger partial charge in [0.1, 0.15) is 0 Å². The van der Waals surface area contributed by atoms with Crippen molar-refractivity contribution in [3.8, 4) is 0 Å². The number of carboxylic acid groups (broad SMARTS) is 1. The lowest BCUT2D eigenvalue weighted by atomic mass is 9.80. The predicted octanol–water partition coefficient (Wildman–Crippen LogP) is 3.74. The molecule has 0 amide bonds. The molecular weight excluding hydrogens is 262 g/mol. The van der Waals surface area contributed by atoms with Gasteiger partial charge in [0.15, 0.2) is 0 Å². The van der Waals surface area contributed by atoms with Crippen molar-refractivity contribution >= 4 is 5.97 Å². The van der Waals surface area contributed by atoms with Gasteiger partial charge in [0.2, 0.25) is 0 Å². The van der Waals surface area contributed by atoms with E-state index in [0.29, 0.717) is 5.41 Å². The van der Waals surface area contributed by atoms with E-state index in [0.717, 1.165) is 31.1 Å². The second-order valence-corrected chi connectivity index (χ2v) is 7.39. The van der Waals surface area contributed by atoms with Crippen LogP contribution in [0, 0.1) is 11.3 Å². The summed E-state index contributed by atoms with van der Waals surface area (Å²) in [6, 6.07) is 8.04. The van der Waals surface area contributed by atoms with Gasteiger partial charge in [-0.05, 0) is 42.3 Å². The molecular formula is C18H27NO2. The molecule has 1 saturated heterocycles. The molecule has 1 heterocycles. The molecule has 1 aromatic carbocycles. The highest BCUT2D eigenvalue weighted by Gasteiger charge is 2.31. The van der Waals surface area contributed by atoms with Crippen LogP contribution in [0.2, 0.25) is 0 Å². The minimum Gasteiger partial charge on any atom is -0.481 e. The first-order valence-corrected chi connectivity index (χ1v) is 7.81. The molecule has 0 aromatic heterocycles. The Morgan fingerprint density at radius 3 is 2.43 bits per heavy atom. The number of nitrogens with zero attached hydrogens (tertiary/aromatic N) is 1. The first-order valence-electron chi connectivity index (χ1n) is 7.81. The van der Waals surface area contributed by atoms with E-state index in [-0.39, 0.29) is 0 Å². The quantitative estimate of drug-likeness (QED) is 0.918. The maximum absolute atomic E-state index is 11.0.